The summed E-state index contributed by atoms with van der Waals surface area (Å²) in [5.74, 6) is -1.39. The predicted molar refractivity (Wildman–Crippen MR) is 85.6 cm³/mol. The fourth-order valence-corrected chi connectivity index (χ4v) is 2.57. The lowest BCUT2D eigenvalue weighted by atomic mass is 10.2. The second-order valence-corrected chi connectivity index (χ2v) is 5.96. The molecule has 0 unspecified atom stereocenters. The van der Waals surface area contributed by atoms with Gasteiger partial charge in [0.25, 0.3) is 0 Å². The van der Waals surface area contributed by atoms with E-state index in [4.69, 9.17) is 27.9 Å². The summed E-state index contributed by atoms with van der Waals surface area (Å²) >= 11 is 11.7. The van der Waals surface area contributed by atoms with Crippen molar-refractivity contribution in [1.29, 1.82) is 0 Å². The summed E-state index contributed by atoms with van der Waals surface area (Å²) in [6.07, 6.45) is -2.59. The van der Waals surface area contributed by atoms with Crippen LogP contribution < -0.4 is 0 Å². The van der Waals surface area contributed by atoms with Gasteiger partial charge in [0.05, 0.1) is 22.2 Å². The van der Waals surface area contributed by atoms with Crippen LogP contribution in [0.4, 0.5) is 18.0 Å². The molecule has 0 aliphatic heterocycles. The van der Waals surface area contributed by atoms with Gasteiger partial charge in [0.2, 0.25) is 5.82 Å². The molecule has 24 heavy (non-hydrogen) atoms. The molecule has 1 aromatic heterocycles. The molecule has 0 fully saturated rings. The number of carbonyl (C=O) groups is 1. The van der Waals surface area contributed by atoms with Gasteiger partial charge in [-0.05, 0) is 18.6 Å². The molecule has 2 rings (SSSR count). The number of imidazole rings is 1. The van der Waals surface area contributed by atoms with Crippen molar-refractivity contribution >= 4 is 40.3 Å². The summed E-state index contributed by atoms with van der Waals surface area (Å²) in [7, 11) is 0. The number of benzene rings is 1. The monoisotopic (exact) mass is 382 g/mol. The number of hydrogen-bond donors (Lipinski definition) is 0. The standard InChI is InChI=1S/C15H15Cl2F3N2O2/c1-2-3-4-5-8-24-14(23)22-10-7-6-9(16)11(17)12(10)21-13(22)15(18,19)20/h6-7H,2-5,8H2,1H3. The number of unbranched alkanes of at least 4 members (excludes halogenated alkanes) is 3. The topological polar surface area (TPSA) is 44.1 Å². The summed E-state index contributed by atoms with van der Waals surface area (Å²) in [6, 6.07) is 2.56. The molecule has 132 valence electrons. The molecule has 0 radical (unpaired) electrons. The van der Waals surface area contributed by atoms with Gasteiger partial charge in [-0.25, -0.2) is 14.3 Å². The first-order chi connectivity index (χ1) is 11.3. The van der Waals surface area contributed by atoms with Crippen LogP contribution in [0.15, 0.2) is 12.1 Å². The Morgan fingerprint density at radius 1 is 1.25 bits per heavy atom. The normalized spacial score (nSPS) is 11.9. The molecule has 0 atom stereocenters. The Morgan fingerprint density at radius 2 is 1.96 bits per heavy atom. The van der Waals surface area contributed by atoms with Gasteiger partial charge in [-0.2, -0.15) is 13.2 Å². The maximum Gasteiger partial charge on any atom is 0.450 e. The number of hydrogen-bond acceptors (Lipinski definition) is 3. The first-order valence-electron chi connectivity index (χ1n) is 7.38. The first-order valence-corrected chi connectivity index (χ1v) is 8.13. The van der Waals surface area contributed by atoms with Gasteiger partial charge in [-0.15, -0.1) is 0 Å². The van der Waals surface area contributed by atoms with Gasteiger partial charge >= 0.3 is 12.3 Å². The Balaban J connectivity index is 2.36. The third-order valence-electron chi connectivity index (χ3n) is 3.38. The average molecular weight is 383 g/mol. The van der Waals surface area contributed by atoms with Crippen molar-refractivity contribution in [3.63, 3.8) is 0 Å². The third-order valence-corrected chi connectivity index (χ3v) is 4.17. The van der Waals surface area contributed by atoms with E-state index in [9.17, 15) is 18.0 Å². The molecule has 0 saturated heterocycles. The second-order valence-electron chi connectivity index (χ2n) is 5.17. The van der Waals surface area contributed by atoms with Crippen LogP contribution in [0.25, 0.3) is 11.0 Å². The van der Waals surface area contributed by atoms with Gasteiger partial charge in [-0.3, -0.25) is 0 Å². The molecule has 1 aromatic carbocycles. The van der Waals surface area contributed by atoms with E-state index < -0.39 is 18.1 Å². The molecule has 0 N–H and O–H groups in total. The van der Waals surface area contributed by atoms with E-state index in [1.165, 1.54) is 12.1 Å². The molecule has 2 aromatic rings. The fraction of sp³-hybridized carbons (Fsp3) is 0.467. The zero-order chi connectivity index (χ0) is 17.9. The van der Waals surface area contributed by atoms with Gasteiger partial charge < -0.3 is 4.74 Å². The second kappa shape index (κ2) is 7.61. The third kappa shape index (κ3) is 3.95. The Kier molecular flexibility index (Phi) is 5.98. The van der Waals surface area contributed by atoms with Gasteiger partial charge in [0.15, 0.2) is 0 Å². The largest absolute Gasteiger partial charge is 0.450 e. The number of alkyl halides is 3. The number of nitrogens with zero attached hydrogens (tertiary/aromatic N) is 2. The van der Waals surface area contributed by atoms with Crippen molar-refractivity contribution in [2.75, 3.05) is 6.61 Å². The SMILES string of the molecule is CCCCCCOC(=O)n1c(C(F)(F)F)nc2c(Cl)c(Cl)ccc21. The van der Waals surface area contributed by atoms with Gasteiger partial charge in [0, 0.05) is 0 Å². The van der Waals surface area contributed by atoms with Crippen LogP contribution in [0.1, 0.15) is 38.4 Å². The molecule has 0 bridgehead atoms. The highest BCUT2D eigenvalue weighted by atomic mass is 35.5. The van der Waals surface area contributed by atoms with E-state index in [1.54, 1.807) is 0 Å². The highest BCUT2D eigenvalue weighted by Crippen LogP contribution is 2.36. The van der Waals surface area contributed by atoms with Crippen LogP contribution in [-0.2, 0) is 10.9 Å². The molecule has 0 spiro atoms. The highest BCUT2D eigenvalue weighted by molar-refractivity contribution is 6.45. The predicted octanol–water partition coefficient (Wildman–Crippen LogP) is 5.93. The Bertz CT molecular complexity index is 744. The van der Waals surface area contributed by atoms with Crippen LogP contribution >= 0.6 is 23.2 Å². The number of aromatic nitrogens is 2. The van der Waals surface area contributed by atoms with E-state index in [0.717, 1.165) is 19.3 Å². The lowest BCUT2D eigenvalue weighted by Gasteiger charge is -2.10. The number of rotatable bonds is 5. The number of carbonyl (C=O) groups excluding carboxylic acids is 1. The lowest BCUT2D eigenvalue weighted by Crippen LogP contribution is -2.22. The summed E-state index contributed by atoms with van der Waals surface area (Å²) in [4.78, 5) is 15.6. The van der Waals surface area contributed by atoms with Crippen molar-refractivity contribution < 1.29 is 22.7 Å². The van der Waals surface area contributed by atoms with Crippen molar-refractivity contribution in [3.8, 4) is 0 Å². The smallest absolute Gasteiger partial charge is 0.449 e. The minimum absolute atomic E-state index is 0.0388. The van der Waals surface area contributed by atoms with E-state index in [0.29, 0.717) is 11.0 Å². The quantitative estimate of drug-likeness (QED) is 0.602. The van der Waals surface area contributed by atoms with Crippen LogP contribution in [-0.4, -0.2) is 22.3 Å². The zero-order valence-corrected chi connectivity index (χ0v) is 14.3. The van der Waals surface area contributed by atoms with Crippen molar-refractivity contribution in [3.05, 3.63) is 28.0 Å². The number of halogens is 5. The minimum atomic E-state index is -4.84. The number of fused-ring (bicyclic) bond motifs is 1. The maximum absolute atomic E-state index is 13.2. The summed E-state index contributed by atoms with van der Waals surface area (Å²) in [5.41, 5.74) is -0.297. The molecular weight excluding hydrogens is 368 g/mol. The van der Waals surface area contributed by atoms with E-state index in [2.05, 4.69) is 4.98 Å². The molecule has 0 aliphatic carbocycles. The first kappa shape index (κ1) is 18.9. The molecule has 4 nitrogen and oxygen atoms in total. The Hall–Kier alpha value is -1.47. The molecule has 9 heteroatoms. The fourth-order valence-electron chi connectivity index (χ4n) is 2.21. The van der Waals surface area contributed by atoms with E-state index in [1.807, 2.05) is 6.92 Å². The maximum atomic E-state index is 13.2. The summed E-state index contributed by atoms with van der Waals surface area (Å²) in [5, 5.41) is -0.0929. The van der Waals surface area contributed by atoms with Crippen LogP contribution in [0.3, 0.4) is 0 Å². The molecule has 0 amide bonds. The molecule has 1 heterocycles. The zero-order valence-electron chi connectivity index (χ0n) is 12.8. The summed E-state index contributed by atoms with van der Waals surface area (Å²) < 4.78 is 44.9. The van der Waals surface area contributed by atoms with Crippen molar-refractivity contribution in [2.24, 2.45) is 0 Å². The molecule has 0 aliphatic rings. The van der Waals surface area contributed by atoms with E-state index in [-0.39, 0.29) is 27.7 Å². The Labute approximate surface area is 146 Å². The van der Waals surface area contributed by atoms with Crippen molar-refractivity contribution in [1.82, 2.24) is 9.55 Å². The van der Waals surface area contributed by atoms with Crippen LogP contribution in [0.2, 0.25) is 10.0 Å². The minimum Gasteiger partial charge on any atom is -0.449 e. The van der Waals surface area contributed by atoms with Crippen LogP contribution in [0.5, 0.6) is 0 Å². The highest BCUT2D eigenvalue weighted by Gasteiger charge is 2.40. The van der Waals surface area contributed by atoms with E-state index >= 15 is 0 Å². The Morgan fingerprint density at radius 3 is 2.58 bits per heavy atom. The van der Waals surface area contributed by atoms with Gasteiger partial charge in [-0.1, -0.05) is 49.4 Å². The summed E-state index contributed by atoms with van der Waals surface area (Å²) in [6.45, 7) is 2.06. The molecular formula is C15H15Cl2F3N2O2. The van der Waals surface area contributed by atoms with Gasteiger partial charge in [0.1, 0.15) is 5.52 Å². The molecule has 0 saturated carbocycles. The van der Waals surface area contributed by atoms with Crippen molar-refractivity contribution in [2.45, 2.75) is 38.8 Å². The average Bonchev–Trinajstić information content (AvgIpc) is 2.91. The van der Waals surface area contributed by atoms with Crippen LogP contribution in [0, 0.1) is 0 Å². The number of ether oxygens (including phenoxy) is 1. The lowest BCUT2D eigenvalue weighted by molar-refractivity contribution is -0.146.